The van der Waals surface area contributed by atoms with Crippen molar-refractivity contribution in [2.45, 2.75) is 39.2 Å². The highest BCUT2D eigenvalue weighted by atomic mass is 32.1. The highest BCUT2D eigenvalue weighted by Gasteiger charge is 2.23. The molecule has 8 heteroatoms. The molecule has 6 nitrogen and oxygen atoms in total. The number of aryl methyl sites for hydroxylation is 1. The summed E-state index contributed by atoms with van der Waals surface area (Å²) in [7, 11) is 0. The first kappa shape index (κ1) is 17.0. The molecular formula is C16H20N4O2S2. The molecule has 1 atom stereocenters. The number of thiazole rings is 2. The molecule has 2 aromatic rings. The number of carbonyl (C=O) groups is 2. The second-order valence-corrected chi connectivity index (χ2v) is 7.85. The van der Waals surface area contributed by atoms with E-state index in [0.717, 1.165) is 41.6 Å². The number of aromatic nitrogens is 2. The third kappa shape index (κ3) is 3.99. The lowest BCUT2D eigenvalue weighted by Crippen LogP contribution is -2.29. The van der Waals surface area contributed by atoms with Gasteiger partial charge >= 0.3 is 0 Å². The summed E-state index contributed by atoms with van der Waals surface area (Å²) in [6.45, 7) is 5.42. The Morgan fingerprint density at radius 1 is 1.25 bits per heavy atom. The van der Waals surface area contributed by atoms with E-state index in [9.17, 15) is 9.59 Å². The van der Waals surface area contributed by atoms with Crippen LogP contribution in [-0.4, -0.2) is 39.8 Å². The summed E-state index contributed by atoms with van der Waals surface area (Å²) in [5, 5.41) is 8.31. The molecule has 1 fully saturated rings. The zero-order valence-corrected chi connectivity index (χ0v) is 15.4. The van der Waals surface area contributed by atoms with Crippen LogP contribution in [0.25, 0.3) is 0 Å². The van der Waals surface area contributed by atoms with E-state index < -0.39 is 0 Å². The maximum absolute atomic E-state index is 12.3. The van der Waals surface area contributed by atoms with Crippen LogP contribution >= 0.6 is 22.7 Å². The Labute approximate surface area is 148 Å². The molecule has 24 heavy (non-hydrogen) atoms. The molecule has 0 bridgehead atoms. The fourth-order valence-electron chi connectivity index (χ4n) is 2.68. The lowest BCUT2D eigenvalue weighted by atomic mass is 10.3. The molecule has 3 rings (SSSR count). The van der Waals surface area contributed by atoms with E-state index in [1.54, 1.807) is 5.38 Å². The van der Waals surface area contributed by atoms with Gasteiger partial charge in [-0.05, 0) is 26.7 Å². The largest absolute Gasteiger partial charge is 0.347 e. The van der Waals surface area contributed by atoms with Gasteiger partial charge in [-0.1, -0.05) is 0 Å². The minimum absolute atomic E-state index is 0.00789. The fourth-order valence-corrected chi connectivity index (χ4v) is 4.09. The molecule has 3 heterocycles. The number of nitrogens with zero attached hydrogens (tertiary/aromatic N) is 3. The second-order valence-electron chi connectivity index (χ2n) is 5.89. The van der Waals surface area contributed by atoms with E-state index in [2.05, 4.69) is 15.3 Å². The van der Waals surface area contributed by atoms with Crippen LogP contribution in [0.15, 0.2) is 10.8 Å². The van der Waals surface area contributed by atoms with Gasteiger partial charge in [0.05, 0.1) is 23.2 Å². The minimum atomic E-state index is -0.220. The van der Waals surface area contributed by atoms with Gasteiger partial charge in [0.2, 0.25) is 5.91 Å². The Morgan fingerprint density at radius 3 is 2.67 bits per heavy atom. The van der Waals surface area contributed by atoms with E-state index in [4.69, 9.17) is 0 Å². The van der Waals surface area contributed by atoms with Gasteiger partial charge in [-0.3, -0.25) is 9.59 Å². The quantitative estimate of drug-likeness (QED) is 0.885. The third-order valence-corrected chi connectivity index (χ3v) is 5.74. The Kier molecular flexibility index (Phi) is 5.25. The predicted octanol–water partition coefficient (Wildman–Crippen LogP) is 2.56. The van der Waals surface area contributed by atoms with E-state index in [-0.39, 0.29) is 24.3 Å². The summed E-state index contributed by atoms with van der Waals surface area (Å²) < 4.78 is 0. The molecule has 0 spiro atoms. The molecule has 0 saturated carbocycles. The molecule has 1 saturated heterocycles. The molecule has 1 N–H and O–H groups in total. The van der Waals surface area contributed by atoms with Crippen molar-refractivity contribution < 1.29 is 9.59 Å². The number of hydrogen-bond donors (Lipinski definition) is 1. The number of likely N-dealkylation sites (tertiary alicyclic amines) is 1. The van der Waals surface area contributed by atoms with Gasteiger partial charge in [-0.25, -0.2) is 9.97 Å². The lowest BCUT2D eigenvalue weighted by molar-refractivity contribution is -0.121. The van der Waals surface area contributed by atoms with Crippen LogP contribution in [0.1, 0.15) is 52.0 Å². The van der Waals surface area contributed by atoms with Gasteiger partial charge in [0.1, 0.15) is 10.7 Å². The molecule has 0 aromatic carbocycles. The molecule has 2 amide bonds. The van der Waals surface area contributed by atoms with Crippen molar-refractivity contribution in [1.29, 1.82) is 0 Å². The van der Waals surface area contributed by atoms with Crippen LogP contribution in [0.3, 0.4) is 0 Å². The second kappa shape index (κ2) is 7.40. The van der Waals surface area contributed by atoms with Gasteiger partial charge in [-0.15, -0.1) is 22.7 Å². The lowest BCUT2D eigenvalue weighted by Gasteiger charge is -2.13. The fraction of sp³-hybridized carbons (Fsp3) is 0.500. The molecule has 0 aliphatic carbocycles. The maximum Gasteiger partial charge on any atom is 0.273 e. The standard InChI is InChI=1S/C16H20N4O2S2/c1-10(17-14(21)7-12-8-23-11(2)18-12)15-19-13(9-24-15)16(22)20-5-3-4-6-20/h8-10H,3-7H2,1-2H3,(H,17,21)/t10-/m0/s1. The van der Waals surface area contributed by atoms with Gasteiger partial charge in [0.25, 0.3) is 5.91 Å². The number of carbonyl (C=O) groups excluding carboxylic acids is 2. The summed E-state index contributed by atoms with van der Waals surface area (Å²) in [4.78, 5) is 35.0. The third-order valence-electron chi connectivity index (χ3n) is 3.89. The Morgan fingerprint density at radius 2 is 2.00 bits per heavy atom. The normalized spacial score (nSPS) is 15.5. The number of rotatable bonds is 5. The predicted molar refractivity (Wildman–Crippen MR) is 94.4 cm³/mol. The molecule has 1 aliphatic heterocycles. The average molecular weight is 364 g/mol. The summed E-state index contributed by atoms with van der Waals surface area (Å²) >= 11 is 2.95. The first-order chi connectivity index (χ1) is 11.5. The van der Waals surface area contributed by atoms with Crippen LogP contribution in [0.5, 0.6) is 0 Å². The van der Waals surface area contributed by atoms with Gasteiger partial charge < -0.3 is 10.2 Å². The molecule has 0 unspecified atom stereocenters. The highest BCUT2D eigenvalue weighted by molar-refractivity contribution is 7.10. The summed E-state index contributed by atoms with van der Waals surface area (Å²) in [5.74, 6) is -0.0955. The minimum Gasteiger partial charge on any atom is -0.347 e. The Balaban J connectivity index is 1.57. The van der Waals surface area contributed by atoms with Crippen LogP contribution < -0.4 is 5.32 Å². The van der Waals surface area contributed by atoms with Crippen molar-refractivity contribution in [3.8, 4) is 0 Å². The summed E-state index contributed by atoms with van der Waals surface area (Å²) in [6, 6.07) is -0.220. The number of nitrogens with one attached hydrogen (secondary N) is 1. The van der Waals surface area contributed by atoms with Crippen molar-refractivity contribution in [2.24, 2.45) is 0 Å². The van der Waals surface area contributed by atoms with E-state index >= 15 is 0 Å². The van der Waals surface area contributed by atoms with Crippen LogP contribution in [-0.2, 0) is 11.2 Å². The molecule has 2 aromatic heterocycles. The Bertz CT molecular complexity index is 734. The molecular weight excluding hydrogens is 344 g/mol. The average Bonchev–Trinajstić information content (AvgIpc) is 3.28. The SMILES string of the molecule is Cc1nc(CC(=O)N[C@@H](C)c2nc(C(=O)N3CCCC3)cs2)cs1. The highest BCUT2D eigenvalue weighted by Crippen LogP contribution is 2.20. The van der Waals surface area contributed by atoms with Gasteiger partial charge in [0.15, 0.2) is 0 Å². The summed E-state index contributed by atoms with van der Waals surface area (Å²) in [5.41, 5.74) is 1.26. The summed E-state index contributed by atoms with van der Waals surface area (Å²) in [6.07, 6.45) is 2.39. The topological polar surface area (TPSA) is 75.2 Å². The first-order valence-corrected chi connectivity index (χ1v) is 9.74. The van der Waals surface area contributed by atoms with Crippen molar-refractivity contribution in [1.82, 2.24) is 20.2 Å². The van der Waals surface area contributed by atoms with E-state index in [1.165, 1.54) is 22.7 Å². The van der Waals surface area contributed by atoms with Gasteiger partial charge in [0, 0.05) is 23.8 Å². The maximum atomic E-state index is 12.3. The van der Waals surface area contributed by atoms with Crippen molar-refractivity contribution in [3.05, 3.63) is 32.2 Å². The van der Waals surface area contributed by atoms with E-state index in [1.807, 2.05) is 24.1 Å². The van der Waals surface area contributed by atoms with Crippen molar-refractivity contribution in [2.75, 3.05) is 13.1 Å². The van der Waals surface area contributed by atoms with Crippen molar-refractivity contribution >= 4 is 34.5 Å². The number of amides is 2. The van der Waals surface area contributed by atoms with Crippen LogP contribution in [0, 0.1) is 6.92 Å². The van der Waals surface area contributed by atoms with Crippen LogP contribution in [0.2, 0.25) is 0 Å². The zero-order chi connectivity index (χ0) is 17.1. The number of hydrogen-bond acceptors (Lipinski definition) is 6. The van der Waals surface area contributed by atoms with Gasteiger partial charge in [-0.2, -0.15) is 0 Å². The van der Waals surface area contributed by atoms with Crippen LogP contribution in [0.4, 0.5) is 0 Å². The molecule has 0 radical (unpaired) electrons. The molecule has 128 valence electrons. The van der Waals surface area contributed by atoms with Crippen molar-refractivity contribution in [3.63, 3.8) is 0 Å². The zero-order valence-electron chi connectivity index (χ0n) is 13.7. The monoisotopic (exact) mass is 364 g/mol. The Hall–Kier alpha value is -1.80. The smallest absolute Gasteiger partial charge is 0.273 e. The first-order valence-electron chi connectivity index (χ1n) is 7.98. The van der Waals surface area contributed by atoms with E-state index in [0.29, 0.717) is 5.69 Å². The molecule has 1 aliphatic rings.